The molecule has 6 rings (SSSR count). The number of aromatic nitrogens is 3. The number of nitrogens with zero attached hydrogens (tertiary/aromatic N) is 4. The largest absolute Gasteiger partial charge is 0.322 e. The number of carbonyl (C=O) groups excluding carboxylic acids is 1. The lowest BCUT2D eigenvalue weighted by molar-refractivity contribution is 0.194. The molecule has 1 atom stereocenters. The predicted molar refractivity (Wildman–Crippen MR) is 151 cm³/mol. The number of urea groups is 1. The number of benzene rings is 3. The molecular weight excluding hydrogens is 494 g/mol. The van der Waals surface area contributed by atoms with Crippen LogP contribution in [-0.2, 0) is 6.54 Å². The number of halogens is 1. The van der Waals surface area contributed by atoms with E-state index in [9.17, 15) is 4.79 Å². The van der Waals surface area contributed by atoms with Gasteiger partial charge in [-0.3, -0.25) is 0 Å². The first-order chi connectivity index (χ1) is 18.4. The van der Waals surface area contributed by atoms with Crippen molar-refractivity contribution in [2.75, 3.05) is 5.32 Å². The highest BCUT2D eigenvalue weighted by atomic mass is 35.5. The van der Waals surface area contributed by atoms with Gasteiger partial charge in [-0.05, 0) is 86.0 Å². The van der Waals surface area contributed by atoms with Crippen molar-refractivity contribution in [1.82, 2.24) is 19.2 Å². The van der Waals surface area contributed by atoms with Crippen molar-refractivity contribution in [3.05, 3.63) is 130 Å². The highest BCUT2D eigenvalue weighted by Crippen LogP contribution is 2.39. The molecule has 3 heterocycles. The van der Waals surface area contributed by atoms with Gasteiger partial charge in [0.25, 0.3) is 0 Å². The summed E-state index contributed by atoms with van der Waals surface area (Å²) in [6.45, 7) is 6.51. The number of hydrogen-bond donors (Lipinski definition) is 1. The van der Waals surface area contributed by atoms with E-state index in [0.717, 1.165) is 45.3 Å². The monoisotopic (exact) mass is 521 g/mol. The van der Waals surface area contributed by atoms with Crippen LogP contribution in [0.3, 0.4) is 0 Å². The van der Waals surface area contributed by atoms with Gasteiger partial charge in [0.05, 0.1) is 29.7 Å². The zero-order chi connectivity index (χ0) is 26.4. The van der Waals surface area contributed by atoms with Crippen molar-refractivity contribution in [2.45, 2.75) is 33.4 Å². The standard InChI is InChI=1S/C31H28ClN5O/c1-20-11-16-25(18-21(20)2)33-31(38)36-19-27-22(3)34-37(26-8-5-4-6-9-26)30(27)35-17-7-10-28(35)29(36)23-12-14-24(32)15-13-23/h4-18,29H,19H2,1-3H3,(H,33,38)/t29-/m0/s1. The third-order valence-corrected chi connectivity index (χ3v) is 7.54. The molecule has 5 aromatic rings. The number of para-hydroxylation sites is 1. The minimum Gasteiger partial charge on any atom is -0.308 e. The summed E-state index contributed by atoms with van der Waals surface area (Å²) >= 11 is 6.25. The van der Waals surface area contributed by atoms with Gasteiger partial charge in [-0.1, -0.05) is 48.0 Å². The number of rotatable bonds is 3. The Bertz CT molecular complexity index is 1640. The van der Waals surface area contributed by atoms with Gasteiger partial charge >= 0.3 is 6.03 Å². The lowest BCUT2D eigenvalue weighted by atomic mass is 10.0. The molecule has 0 saturated carbocycles. The second-order valence-electron chi connectivity index (χ2n) is 9.75. The molecule has 0 bridgehead atoms. The Hall–Kier alpha value is -4.29. The molecule has 1 N–H and O–H groups in total. The fraction of sp³-hybridized carbons (Fsp3) is 0.161. The topological polar surface area (TPSA) is 55.1 Å². The Morgan fingerprint density at radius 2 is 1.68 bits per heavy atom. The van der Waals surface area contributed by atoms with Crippen molar-refractivity contribution in [3.8, 4) is 11.5 Å². The van der Waals surface area contributed by atoms with Crippen LogP contribution in [0.1, 0.15) is 39.7 Å². The van der Waals surface area contributed by atoms with Crippen molar-refractivity contribution in [2.24, 2.45) is 0 Å². The summed E-state index contributed by atoms with van der Waals surface area (Å²) < 4.78 is 4.13. The molecule has 0 radical (unpaired) electrons. The van der Waals surface area contributed by atoms with Gasteiger partial charge in [0.1, 0.15) is 5.82 Å². The summed E-state index contributed by atoms with van der Waals surface area (Å²) in [6.07, 6.45) is 2.04. The van der Waals surface area contributed by atoms with Gasteiger partial charge in [-0.15, -0.1) is 0 Å². The molecule has 2 aromatic heterocycles. The minimum absolute atomic E-state index is 0.180. The Kier molecular flexibility index (Phi) is 6.04. The third-order valence-electron chi connectivity index (χ3n) is 7.29. The number of hydrogen-bond acceptors (Lipinski definition) is 2. The normalized spacial score (nSPS) is 14.5. The van der Waals surface area contributed by atoms with Crippen LogP contribution in [-0.4, -0.2) is 25.3 Å². The van der Waals surface area contributed by atoms with Crippen LogP contribution in [0.4, 0.5) is 10.5 Å². The van der Waals surface area contributed by atoms with Crippen molar-refractivity contribution in [1.29, 1.82) is 0 Å². The second-order valence-corrected chi connectivity index (χ2v) is 10.2. The molecule has 6 nitrogen and oxygen atoms in total. The van der Waals surface area contributed by atoms with Crippen LogP contribution in [0.25, 0.3) is 11.5 Å². The minimum atomic E-state index is -0.343. The van der Waals surface area contributed by atoms with Crippen LogP contribution < -0.4 is 5.32 Å². The first kappa shape index (κ1) is 24.1. The fourth-order valence-corrected chi connectivity index (χ4v) is 5.29. The van der Waals surface area contributed by atoms with Crippen LogP contribution >= 0.6 is 11.6 Å². The zero-order valence-corrected chi connectivity index (χ0v) is 22.3. The number of carbonyl (C=O) groups is 1. The van der Waals surface area contributed by atoms with Gasteiger partial charge in [-0.25, -0.2) is 9.48 Å². The van der Waals surface area contributed by atoms with Gasteiger partial charge < -0.3 is 14.8 Å². The van der Waals surface area contributed by atoms with E-state index in [-0.39, 0.29) is 12.1 Å². The number of amides is 2. The van der Waals surface area contributed by atoms with Crippen LogP contribution in [0.5, 0.6) is 0 Å². The van der Waals surface area contributed by atoms with Gasteiger partial charge in [0.2, 0.25) is 0 Å². The van der Waals surface area contributed by atoms with E-state index < -0.39 is 0 Å². The van der Waals surface area contributed by atoms with Crippen LogP contribution in [0, 0.1) is 20.8 Å². The lowest BCUT2D eigenvalue weighted by Crippen LogP contribution is -2.38. The quantitative estimate of drug-likeness (QED) is 0.269. The summed E-state index contributed by atoms with van der Waals surface area (Å²) in [5.41, 5.74) is 7.87. The molecule has 0 spiro atoms. The van der Waals surface area contributed by atoms with Gasteiger partial charge in [0, 0.05) is 22.5 Å². The molecule has 0 unspecified atom stereocenters. The highest BCUT2D eigenvalue weighted by molar-refractivity contribution is 6.30. The average molecular weight is 522 g/mol. The molecule has 190 valence electrons. The summed E-state index contributed by atoms with van der Waals surface area (Å²) in [6, 6.07) is 27.4. The predicted octanol–water partition coefficient (Wildman–Crippen LogP) is 7.38. The van der Waals surface area contributed by atoms with E-state index in [2.05, 4.69) is 22.9 Å². The first-order valence-electron chi connectivity index (χ1n) is 12.6. The molecule has 2 amide bonds. The molecule has 1 aliphatic rings. The fourth-order valence-electron chi connectivity index (χ4n) is 5.16. The lowest BCUT2D eigenvalue weighted by Gasteiger charge is -2.31. The Labute approximate surface area is 227 Å². The van der Waals surface area contributed by atoms with E-state index in [4.69, 9.17) is 16.7 Å². The summed E-state index contributed by atoms with van der Waals surface area (Å²) in [5.74, 6) is 0.939. The Morgan fingerprint density at radius 3 is 2.42 bits per heavy atom. The number of fused-ring (bicyclic) bond motifs is 3. The van der Waals surface area contributed by atoms with Crippen LogP contribution in [0.15, 0.2) is 91.1 Å². The number of aryl methyl sites for hydroxylation is 3. The maximum atomic E-state index is 14.0. The molecule has 0 aliphatic carbocycles. The SMILES string of the molecule is Cc1ccc(NC(=O)N2Cc3c(C)nn(-c4ccccc4)c3-n3cccc3[C@@H]2c2ccc(Cl)cc2)cc1C. The molecule has 38 heavy (non-hydrogen) atoms. The van der Waals surface area contributed by atoms with E-state index in [1.54, 1.807) is 0 Å². The van der Waals surface area contributed by atoms with Crippen molar-refractivity contribution >= 4 is 23.3 Å². The van der Waals surface area contributed by atoms with Crippen molar-refractivity contribution in [3.63, 3.8) is 0 Å². The van der Waals surface area contributed by atoms with Gasteiger partial charge in [0.15, 0.2) is 0 Å². The number of anilines is 1. The second kappa shape index (κ2) is 9.54. The van der Waals surface area contributed by atoms with Gasteiger partial charge in [-0.2, -0.15) is 5.10 Å². The summed E-state index contributed by atoms with van der Waals surface area (Å²) in [7, 11) is 0. The molecule has 7 heteroatoms. The summed E-state index contributed by atoms with van der Waals surface area (Å²) in [4.78, 5) is 15.9. The third kappa shape index (κ3) is 4.17. The summed E-state index contributed by atoms with van der Waals surface area (Å²) in [5, 5.41) is 8.72. The molecule has 3 aromatic carbocycles. The molecule has 1 aliphatic heterocycles. The molecule has 0 fully saturated rings. The maximum absolute atomic E-state index is 14.0. The number of nitrogens with one attached hydrogen (secondary N) is 1. The van der Waals surface area contributed by atoms with E-state index in [1.165, 1.54) is 5.56 Å². The van der Waals surface area contributed by atoms with Crippen LogP contribution in [0.2, 0.25) is 5.02 Å². The smallest absolute Gasteiger partial charge is 0.308 e. The van der Waals surface area contributed by atoms with E-state index in [0.29, 0.717) is 11.6 Å². The Morgan fingerprint density at radius 1 is 0.921 bits per heavy atom. The Balaban J connectivity index is 1.52. The van der Waals surface area contributed by atoms with E-state index >= 15 is 0 Å². The maximum Gasteiger partial charge on any atom is 0.322 e. The zero-order valence-electron chi connectivity index (χ0n) is 21.5. The first-order valence-corrected chi connectivity index (χ1v) is 13.0. The molecule has 0 saturated heterocycles. The average Bonchev–Trinajstić information content (AvgIpc) is 3.48. The van der Waals surface area contributed by atoms with Crippen molar-refractivity contribution < 1.29 is 4.79 Å². The molecular formula is C31H28ClN5O. The highest BCUT2D eigenvalue weighted by Gasteiger charge is 2.36. The van der Waals surface area contributed by atoms with E-state index in [1.807, 2.05) is 108 Å².